The van der Waals surface area contributed by atoms with Gasteiger partial charge >= 0.3 is 0 Å². The van der Waals surface area contributed by atoms with Gasteiger partial charge in [0.2, 0.25) is 7.37 Å². The average Bonchev–Trinajstić information content (AvgIpc) is 2.36. The van der Waals surface area contributed by atoms with Gasteiger partial charge in [-0.2, -0.15) is 0 Å². The van der Waals surface area contributed by atoms with Gasteiger partial charge in [0, 0.05) is 12.3 Å². The Kier molecular flexibility index (Phi) is 2.91. The minimum atomic E-state index is -2.25. The van der Waals surface area contributed by atoms with E-state index in [1.165, 1.54) is 0 Å². The van der Waals surface area contributed by atoms with Gasteiger partial charge < -0.3 is 4.52 Å². The monoisotopic (exact) mass is 174 g/mol. The fraction of sp³-hybridized carbons (Fsp3) is 0.750. The summed E-state index contributed by atoms with van der Waals surface area (Å²) in [5.41, 5.74) is 0. The van der Waals surface area contributed by atoms with Crippen LogP contribution < -0.4 is 0 Å². The molecule has 0 aliphatic carbocycles. The maximum Gasteiger partial charge on any atom is 0.210 e. The SMILES string of the molecule is CCC(C)OP1(=O)CC=CC1. The van der Waals surface area contributed by atoms with E-state index in [0.29, 0.717) is 12.3 Å². The van der Waals surface area contributed by atoms with Crippen molar-refractivity contribution in [1.29, 1.82) is 0 Å². The van der Waals surface area contributed by atoms with E-state index in [2.05, 4.69) is 0 Å². The van der Waals surface area contributed by atoms with Crippen molar-refractivity contribution in [3.63, 3.8) is 0 Å². The highest BCUT2D eigenvalue weighted by Crippen LogP contribution is 2.51. The third kappa shape index (κ3) is 2.46. The summed E-state index contributed by atoms with van der Waals surface area (Å²) in [4.78, 5) is 0. The van der Waals surface area contributed by atoms with Crippen LogP contribution in [0.3, 0.4) is 0 Å². The second-order valence-electron chi connectivity index (χ2n) is 2.98. The maximum atomic E-state index is 11.7. The third-order valence-corrected chi connectivity index (χ3v) is 4.16. The minimum absolute atomic E-state index is 0.140. The Morgan fingerprint density at radius 2 is 2.09 bits per heavy atom. The van der Waals surface area contributed by atoms with Crippen LogP contribution in [0.25, 0.3) is 0 Å². The smallest absolute Gasteiger partial charge is 0.210 e. The number of rotatable bonds is 3. The lowest BCUT2D eigenvalue weighted by Gasteiger charge is -2.16. The van der Waals surface area contributed by atoms with Gasteiger partial charge in [0.25, 0.3) is 0 Å². The molecule has 1 unspecified atom stereocenters. The Balaban J connectivity index is 2.42. The number of allylic oxidation sites excluding steroid dienone is 2. The third-order valence-electron chi connectivity index (χ3n) is 1.88. The molecule has 0 spiro atoms. The molecule has 0 aromatic carbocycles. The molecular weight excluding hydrogens is 159 g/mol. The van der Waals surface area contributed by atoms with Crippen LogP contribution in [-0.4, -0.2) is 18.4 Å². The lowest BCUT2D eigenvalue weighted by Crippen LogP contribution is -2.05. The molecule has 0 radical (unpaired) electrons. The van der Waals surface area contributed by atoms with Gasteiger partial charge in [-0.1, -0.05) is 19.1 Å². The molecule has 0 bridgehead atoms. The predicted octanol–water partition coefficient (Wildman–Crippen LogP) is 2.65. The van der Waals surface area contributed by atoms with Gasteiger partial charge in [-0.15, -0.1) is 0 Å². The van der Waals surface area contributed by atoms with Gasteiger partial charge in [0.1, 0.15) is 0 Å². The molecule has 0 aromatic heterocycles. The summed E-state index contributed by atoms with van der Waals surface area (Å²) < 4.78 is 17.1. The van der Waals surface area contributed by atoms with Crippen molar-refractivity contribution < 1.29 is 9.09 Å². The van der Waals surface area contributed by atoms with E-state index in [1.807, 2.05) is 26.0 Å². The van der Waals surface area contributed by atoms with Crippen molar-refractivity contribution in [2.75, 3.05) is 12.3 Å². The van der Waals surface area contributed by atoms with Crippen molar-refractivity contribution in [3.8, 4) is 0 Å². The molecule has 1 aliphatic rings. The molecule has 1 aliphatic heterocycles. The first kappa shape index (κ1) is 9.02. The zero-order valence-electron chi connectivity index (χ0n) is 7.12. The van der Waals surface area contributed by atoms with Crippen molar-refractivity contribution >= 4 is 7.37 Å². The van der Waals surface area contributed by atoms with E-state index in [-0.39, 0.29) is 6.10 Å². The molecular formula is C8H15O2P. The summed E-state index contributed by atoms with van der Waals surface area (Å²) in [5.74, 6) is 0. The van der Waals surface area contributed by atoms with Crippen LogP contribution in [0.4, 0.5) is 0 Å². The summed E-state index contributed by atoms with van der Waals surface area (Å²) in [7, 11) is -2.25. The number of hydrogen-bond donors (Lipinski definition) is 0. The molecule has 0 saturated carbocycles. The van der Waals surface area contributed by atoms with Crippen LogP contribution in [0.1, 0.15) is 20.3 Å². The fourth-order valence-electron chi connectivity index (χ4n) is 1.03. The van der Waals surface area contributed by atoms with Crippen molar-refractivity contribution in [1.82, 2.24) is 0 Å². The molecule has 1 heterocycles. The highest BCUT2D eigenvalue weighted by atomic mass is 31.2. The molecule has 11 heavy (non-hydrogen) atoms. The van der Waals surface area contributed by atoms with E-state index in [0.717, 1.165) is 6.42 Å². The Morgan fingerprint density at radius 1 is 1.55 bits per heavy atom. The second-order valence-corrected chi connectivity index (χ2v) is 5.55. The Bertz CT molecular complexity index is 186. The van der Waals surface area contributed by atoms with E-state index in [4.69, 9.17) is 4.52 Å². The van der Waals surface area contributed by atoms with Gasteiger partial charge in [0.15, 0.2) is 0 Å². The standard InChI is InChI=1S/C8H15O2P/c1-3-8(2)10-11(9)6-4-5-7-11/h4-5,8H,3,6-7H2,1-2H3. The molecule has 0 fully saturated rings. The minimum Gasteiger partial charge on any atom is -0.325 e. The topological polar surface area (TPSA) is 26.3 Å². The Labute approximate surface area is 68.1 Å². The van der Waals surface area contributed by atoms with Crippen LogP contribution in [0.15, 0.2) is 12.2 Å². The molecule has 1 rings (SSSR count). The zero-order valence-corrected chi connectivity index (χ0v) is 8.01. The van der Waals surface area contributed by atoms with Crippen LogP contribution in [-0.2, 0) is 9.09 Å². The van der Waals surface area contributed by atoms with Crippen molar-refractivity contribution in [3.05, 3.63) is 12.2 Å². The van der Waals surface area contributed by atoms with Crippen LogP contribution in [0, 0.1) is 0 Å². The first-order chi connectivity index (χ1) is 5.16. The quantitative estimate of drug-likeness (QED) is 0.485. The Morgan fingerprint density at radius 3 is 2.55 bits per heavy atom. The second kappa shape index (κ2) is 3.55. The van der Waals surface area contributed by atoms with Gasteiger partial charge in [-0.25, -0.2) is 0 Å². The first-order valence-electron chi connectivity index (χ1n) is 4.08. The largest absolute Gasteiger partial charge is 0.325 e. The number of hydrogen-bond acceptors (Lipinski definition) is 2. The highest BCUT2D eigenvalue weighted by molar-refractivity contribution is 7.59. The summed E-state index contributed by atoms with van der Waals surface area (Å²) in [6.07, 6.45) is 6.24. The van der Waals surface area contributed by atoms with Gasteiger partial charge in [0.05, 0.1) is 6.10 Å². The molecule has 2 nitrogen and oxygen atoms in total. The lowest BCUT2D eigenvalue weighted by atomic mass is 10.3. The average molecular weight is 174 g/mol. The zero-order chi connectivity index (χ0) is 8.32. The highest BCUT2D eigenvalue weighted by Gasteiger charge is 2.25. The summed E-state index contributed by atoms with van der Waals surface area (Å²) in [6.45, 7) is 4.01. The van der Waals surface area contributed by atoms with Crippen molar-refractivity contribution in [2.45, 2.75) is 26.4 Å². The van der Waals surface area contributed by atoms with E-state index in [1.54, 1.807) is 0 Å². The normalized spacial score (nSPS) is 23.8. The van der Waals surface area contributed by atoms with E-state index < -0.39 is 7.37 Å². The van der Waals surface area contributed by atoms with Gasteiger partial charge in [-0.3, -0.25) is 4.57 Å². The summed E-state index contributed by atoms with van der Waals surface area (Å²) in [5, 5.41) is 0. The molecule has 0 aromatic rings. The molecule has 0 amide bonds. The van der Waals surface area contributed by atoms with Gasteiger partial charge in [-0.05, 0) is 13.3 Å². The molecule has 0 saturated heterocycles. The predicted molar refractivity (Wildman–Crippen MR) is 47.3 cm³/mol. The lowest BCUT2D eigenvalue weighted by molar-refractivity contribution is 0.222. The summed E-state index contributed by atoms with van der Waals surface area (Å²) in [6, 6.07) is 0. The molecule has 0 N–H and O–H groups in total. The van der Waals surface area contributed by atoms with Crippen LogP contribution >= 0.6 is 7.37 Å². The molecule has 3 heteroatoms. The Hall–Kier alpha value is -0.0700. The van der Waals surface area contributed by atoms with E-state index >= 15 is 0 Å². The van der Waals surface area contributed by atoms with Crippen LogP contribution in [0.2, 0.25) is 0 Å². The van der Waals surface area contributed by atoms with E-state index in [9.17, 15) is 4.57 Å². The maximum absolute atomic E-state index is 11.7. The molecule has 1 atom stereocenters. The molecule has 64 valence electrons. The summed E-state index contributed by atoms with van der Waals surface area (Å²) >= 11 is 0. The van der Waals surface area contributed by atoms with Crippen LogP contribution in [0.5, 0.6) is 0 Å². The fourth-order valence-corrected chi connectivity index (χ4v) is 3.10. The first-order valence-corrected chi connectivity index (χ1v) is 6.07. The van der Waals surface area contributed by atoms with Crippen molar-refractivity contribution in [2.24, 2.45) is 0 Å².